The van der Waals surface area contributed by atoms with E-state index in [0.717, 1.165) is 28.4 Å². The number of hydrogen-bond donors (Lipinski definition) is 0. The third-order valence-electron chi connectivity index (χ3n) is 4.96. The molecule has 0 aliphatic rings. The summed E-state index contributed by atoms with van der Waals surface area (Å²) in [5.41, 5.74) is 3.68. The molecule has 0 saturated carbocycles. The Balaban J connectivity index is 1.93. The van der Waals surface area contributed by atoms with E-state index in [0.29, 0.717) is 16.7 Å². The number of benzene rings is 3. The van der Waals surface area contributed by atoms with Gasteiger partial charge in [-0.2, -0.15) is 0 Å². The van der Waals surface area contributed by atoms with Crippen LogP contribution >= 0.6 is 0 Å². The van der Waals surface area contributed by atoms with Crippen molar-refractivity contribution in [2.75, 3.05) is 0 Å². The fraction of sp³-hybridized carbons (Fsp3) is 0.130. The van der Waals surface area contributed by atoms with Crippen LogP contribution in [0.3, 0.4) is 0 Å². The predicted octanol–water partition coefficient (Wildman–Crippen LogP) is 5.39. The van der Waals surface area contributed by atoms with Gasteiger partial charge in [-0.15, -0.1) is 0 Å². The summed E-state index contributed by atoms with van der Waals surface area (Å²) in [6.45, 7) is 4.39. The van der Waals surface area contributed by atoms with E-state index in [1.165, 1.54) is 24.3 Å². The monoisotopic (exact) mass is 359 g/mol. The first-order valence-electron chi connectivity index (χ1n) is 8.87. The van der Waals surface area contributed by atoms with E-state index in [2.05, 4.69) is 11.5 Å². The van der Waals surface area contributed by atoms with Crippen molar-refractivity contribution in [1.29, 1.82) is 0 Å². The average molecular weight is 359 g/mol. The number of carbonyl (C=O) groups is 2. The summed E-state index contributed by atoms with van der Waals surface area (Å²) in [5.74, 6) is -0.519. The normalized spacial score (nSPS) is 11.2. The summed E-state index contributed by atoms with van der Waals surface area (Å²) in [6, 6.07) is 16.8. The van der Waals surface area contributed by atoms with Gasteiger partial charge in [0.05, 0.1) is 0 Å². The Morgan fingerprint density at radius 3 is 1.89 bits per heavy atom. The predicted molar refractivity (Wildman–Crippen MR) is 105 cm³/mol. The van der Waals surface area contributed by atoms with Crippen molar-refractivity contribution in [3.05, 3.63) is 83.2 Å². The second-order valence-electron chi connectivity index (χ2n) is 6.60. The Bertz CT molecular complexity index is 1200. The molecule has 3 aromatic carbocycles. The molecule has 134 valence electrons. The maximum absolute atomic E-state index is 13.1. The molecule has 27 heavy (non-hydrogen) atoms. The molecule has 4 heteroatoms. The molecule has 0 unspecified atom stereocenters. The summed E-state index contributed by atoms with van der Waals surface area (Å²) in [5, 5.41) is 1.89. The minimum atomic E-state index is -0.371. The van der Waals surface area contributed by atoms with Gasteiger partial charge in [0.1, 0.15) is 5.82 Å². The van der Waals surface area contributed by atoms with Gasteiger partial charge in [0.2, 0.25) is 0 Å². The third-order valence-corrected chi connectivity index (χ3v) is 4.96. The van der Waals surface area contributed by atoms with Crippen LogP contribution in [0.2, 0.25) is 0 Å². The van der Waals surface area contributed by atoms with Crippen LogP contribution in [0.1, 0.15) is 40.1 Å². The van der Waals surface area contributed by atoms with Crippen LogP contribution in [0, 0.1) is 5.82 Å². The lowest BCUT2D eigenvalue weighted by Gasteiger charge is -2.04. The van der Waals surface area contributed by atoms with Crippen molar-refractivity contribution in [2.45, 2.75) is 20.4 Å². The fourth-order valence-electron chi connectivity index (χ4n) is 3.57. The molecule has 0 amide bonds. The number of carbonyl (C=O) groups excluding carboxylic acids is 2. The molecule has 3 nitrogen and oxygen atoms in total. The molecule has 1 aromatic heterocycles. The molecule has 0 aliphatic heterocycles. The molecule has 4 rings (SSSR count). The highest BCUT2D eigenvalue weighted by molar-refractivity contribution is 6.15. The van der Waals surface area contributed by atoms with Crippen LogP contribution in [0.5, 0.6) is 0 Å². The molecule has 0 spiro atoms. The zero-order valence-electron chi connectivity index (χ0n) is 15.1. The quantitative estimate of drug-likeness (QED) is 0.459. The first-order chi connectivity index (χ1) is 13.0. The summed E-state index contributed by atoms with van der Waals surface area (Å²) >= 11 is 0. The van der Waals surface area contributed by atoms with E-state index >= 15 is 0 Å². The van der Waals surface area contributed by atoms with Crippen LogP contribution < -0.4 is 0 Å². The molecule has 0 N–H and O–H groups in total. The van der Waals surface area contributed by atoms with Gasteiger partial charge in [0, 0.05) is 45.0 Å². The molecule has 0 bridgehead atoms. The van der Waals surface area contributed by atoms with Crippen molar-refractivity contribution in [3.8, 4) is 0 Å². The number of rotatable bonds is 4. The molecule has 1 heterocycles. The van der Waals surface area contributed by atoms with E-state index < -0.39 is 0 Å². The van der Waals surface area contributed by atoms with Crippen molar-refractivity contribution < 1.29 is 14.0 Å². The zero-order chi connectivity index (χ0) is 19.1. The molecule has 0 atom stereocenters. The molecule has 0 radical (unpaired) electrons. The summed E-state index contributed by atoms with van der Waals surface area (Å²) in [6.07, 6.45) is 0. The third kappa shape index (κ3) is 2.83. The number of aryl methyl sites for hydroxylation is 1. The first kappa shape index (κ1) is 17.2. The van der Waals surface area contributed by atoms with Gasteiger partial charge in [-0.3, -0.25) is 9.59 Å². The van der Waals surface area contributed by atoms with E-state index in [4.69, 9.17) is 0 Å². The minimum Gasteiger partial charge on any atom is -0.341 e. The molecule has 4 aromatic rings. The number of aromatic nitrogens is 1. The van der Waals surface area contributed by atoms with E-state index in [9.17, 15) is 14.0 Å². The second kappa shape index (κ2) is 6.47. The Morgan fingerprint density at radius 1 is 0.815 bits per heavy atom. The van der Waals surface area contributed by atoms with E-state index in [-0.39, 0.29) is 17.4 Å². The number of ketones is 2. The topological polar surface area (TPSA) is 39.1 Å². The van der Waals surface area contributed by atoms with Crippen LogP contribution in [0.4, 0.5) is 4.39 Å². The van der Waals surface area contributed by atoms with Gasteiger partial charge in [-0.05, 0) is 74.5 Å². The molecule has 0 fully saturated rings. The number of hydrogen-bond acceptors (Lipinski definition) is 2. The lowest BCUT2D eigenvalue weighted by molar-refractivity contribution is 0.101. The second-order valence-corrected chi connectivity index (χ2v) is 6.60. The number of halogens is 1. The lowest BCUT2D eigenvalue weighted by Crippen LogP contribution is -2.01. The Morgan fingerprint density at radius 2 is 1.33 bits per heavy atom. The molecule has 0 saturated heterocycles. The number of nitrogens with zero attached hydrogens (tertiary/aromatic N) is 1. The highest BCUT2D eigenvalue weighted by atomic mass is 19.1. The summed E-state index contributed by atoms with van der Waals surface area (Å²) < 4.78 is 15.3. The maximum atomic E-state index is 13.1. The SMILES string of the molecule is CCn1c2ccc(C(C)=O)cc2c2cc(C(=O)c3ccc(F)cc3)ccc21. The lowest BCUT2D eigenvalue weighted by atomic mass is 10.0. The van der Waals surface area contributed by atoms with Crippen molar-refractivity contribution in [1.82, 2.24) is 4.57 Å². The van der Waals surface area contributed by atoms with Crippen molar-refractivity contribution in [2.24, 2.45) is 0 Å². The highest BCUT2D eigenvalue weighted by Crippen LogP contribution is 2.31. The first-order valence-corrected chi connectivity index (χ1v) is 8.87. The summed E-state index contributed by atoms with van der Waals surface area (Å²) in [7, 11) is 0. The Labute approximate surface area is 156 Å². The average Bonchev–Trinajstić information content (AvgIpc) is 3.00. The van der Waals surface area contributed by atoms with Gasteiger partial charge in [0.15, 0.2) is 11.6 Å². The van der Waals surface area contributed by atoms with Gasteiger partial charge >= 0.3 is 0 Å². The fourth-order valence-corrected chi connectivity index (χ4v) is 3.57. The standard InChI is InChI=1S/C23H18FNO2/c1-3-25-21-10-6-16(14(2)26)12-19(21)20-13-17(7-11-22(20)25)23(27)15-4-8-18(24)9-5-15/h4-13H,3H2,1-2H3. The van der Waals surface area contributed by atoms with Crippen LogP contribution in [-0.4, -0.2) is 16.1 Å². The van der Waals surface area contributed by atoms with Gasteiger partial charge < -0.3 is 4.57 Å². The smallest absolute Gasteiger partial charge is 0.193 e. The largest absolute Gasteiger partial charge is 0.341 e. The van der Waals surface area contributed by atoms with Crippen molar-refractivity contribution in [3.63, 3.8) is 0 Å². The molecular formula is C23H18FNO2. The van der Waals surface area contributed by atoms with Gasteiger partial charge in [0.25, 0.3) is 0 Å². The van der Waals surface area contributed by atoms with E-state index in [1.54, 1.807) is 13.0 Å². The van der Waals surface area contributed by atoms with Gasteiger partial charge in [-0.25, -0.2) is 4.39 Å². The highest BCUT2D eigenvalue weighted by Gasteiger charge is 2.15. The molecular weight excluding hydrogens is 341 g/mol. The molecule has 0 aliphatic carbocycles. The van der Waals surface area contributed by atoms with Gasteiger partial charge in [-0.1, -0.05) is 0 Å². The Hall–Kier alpha value is -3.27. The Kier molecular flexibility index (Phi) is 4.11. The van der Waals surface area contributed by atoms with Crippen molar-refractivity contribution >= 4 is 33.4 Å². The van der Waals surface area contributed by atoms with Crippen LogP contribution in [0.15, 0.2) is 60.7 Å². The summed E-state index contributed by atoms with van der Waals surface area (Å²) in [4.78, 5) is 24.6. The number of fused-ring (bicyclic) bond motifs is 3. The maximum Gasteiger partial charge on any atom is 0.193 e. The van der Waals surface area contributed by atoms with Crippen LogP contribution in [-0.2, 0) is 6.54 Å². The van der Waals surface area contributed by atoms with Crippen LogP contribution in [0.25, 0.3) is 21.8 Å². The zero-order valence-corrected chi connectivity index (χ0v) is 15.1. The van der Waals surface area contributed by atoms with E-state index in [1.807, 2.05) is 30.3 Å². The minimum absolute atomic E-state index is 0.00726. The number of Topliss-reactive ketones (excluding diaryl/α,β-unsaturated/α-hetero) is 1.